The van der Waals surface area contributed by atoms with Gasteiger partial charge >= 0.3 is 0 Å². The normalized spacial score (nSPS) is 11.9. The minimum absolute atomic E-state index is 0.0606. The summed E-state index contributed by atoms with van der Waals surface area (Å²) in [4.78, 5) is 11.5. The highest BCUT2D eigenvalue weighted by atomic mass is 16.5. The van der Waals surface area contributed by atoms with Crippen LogP contribution in [-0.2, 0) is 14.3 Å². The maximum atomic E-state index is 11.5. The Labute approximate surface area is 124 Å². The first kappa shape index (κ1) is 19.4. The molecule has 0 aromatic heterocycles. The first-order valence-corrected chi connectivity index (χ1v) is 7.79. The second-order valence-corrected chi connectivity index (χ2v) is 6.56. The smallest absolute Gasteiger partial charge is 0.222 e. The molecule has 0 fully saturated rings. The van der Waals surface area contributed by atoms with E-state index in [1.165, 1.54) is 0 Å². The van der Waals surface area contributed by atoms with Gasteiger partial charge in [0.05, 0.1) is 12.2 Å². The van der Waals surface area contributed by atoms with Crippen molar-refractivity contribution in [2.45, 2.75) is 65.9 Å². The van der Waals surface area contributed by atoms with Crippen molar-refractivity contribution >= 4 is 5.91 Å². The summed E-state index contributed by atoms with van der Waals surface area (Å²) in [6.07, 6.45) is 3.46. The molecule has 20 heavy (non-hydrogen) atoms. The number of hydrogen-bond donors (Lipinski definition) is 1. The number of rotatable bonds is 11. The molecule has 0 atom stereocenters. The van der Waals surface area contributed by atoms with Crippen LogP contribution in [0.3, 0.4) is 0 Å². The van der Waals surface area contributed by atoms with Crippen molar-refractivity contribution in [2.24, 2.45) is 5.92 Å². The van der Waals surface area contributed by atoms with E-state index in [4.69, 9.17) is 9.47 Å². The molecule has 0 spiro atoms. The molecule has 1 N–H and O–H groups in total. The Kier molecular flexibility index (Phi) is 10.8. The Balaban J connectivity index is 3.25. The third-order valence-electron chi connectivity index (χ3n) is 2.74. The average Bonchev–Trinajstić information content (AvgIpc) is 2.30. The van der Waals surface area contributed by atoms with Crippen LogP contribution < -0.4 is 5.32 Å². The van der Waals surface area contributed by atoms with Crippen molar-refractivity contribution < 1.29 is 14.3 Å². The Morgan fingerprint density at radius 2 is 1.75 bits per heavy atom. The molecule has 1 amide bonds. The highest BCUT2D eigenvalue weighted by Crippen LogP contribution is 2.07. The topological polar surface area (TPSA) is 47.6 Å². The number of unbranched alkanes of at least 4 members (excludes halogenated alkanes) is 1. The number of hydrogen-bond acceptors (Lipinski definition) is 3. The number of ether oxygens (including phenoxy) is 2. The van der Waals surface area contributed by atoms with Gasteiger partial charge in [0.15, 0.2) is 0 Å². The van der Waals surface area contributed by atoms with Crippen LogP contribution in [-0.4, -0.2) is 37.9 Å². The second kappa shape index (κ2) is 11.1. The van der Waals surface area contributed by atoms with E-state index in [9.17, 15) is 4.79 Å². The first-order valence-electron chi connectivity index (χ1n) is 7.79. The maximum Gasteiger partial charge on any atom is 0.222 e. The molecule has 0 unspecified atom stereocenters. The Morgan fingerprint density at radius 1 is 1.10 bits per heavy atom. The quantitative estimate of drug-likeness (QED) is 0.594. The average molecular weight is 287 g/mol. The third kappa shape index (κ3) is 15.4. The highest BCUT2D eigenvalue weighted by molar-refractivity contribution is 5.75. The third-order valence-corrected chi connectivity index (χ3v) is 2.74. The Bertz CT molecular complexity index is 247. The van der Waals surface area contributed by atoms with Gasteiger partial charge < -0.3 is 14.8 Å². The van der Waals surface area contributed by atoms with Gasteiger partial charge in [-0.1, -0.05) is 13.8 Å². The van der Waals surface area contributed by atoms with Crippen LogP contribution in [0, 0.1) is 5.92 Å². The molecule has 0 aliphatic heterocycles. The standard InChI is InChI=1S/C16H33NO3/c1-14(2)8-10-17-15(18)9-13-19-11-6-7-12-20-16(3,4)5/h14H,6-13H2,1-5H3,(H,17,18). The lowest BCUT2D eigenvalue weighted by Gasteiger charge is -2.19. The lowest BCUT2D eigenvalue weighted by molar-refractivity contribution is -0.122. The zero-order valence-electron chi connectivity index (χ0n) is 14.0. The molecule has 120 valence electrons. The minimum Gasteiger partial charge on any atom is -0.381 e. The van der Waals surface area contributed by atoms with E-state index in [2.05, 4.69) is 39.9 Å². The van der Waals surface area contributed by atoms with Crippen LogP contribution in [0.5, 0.6) is 0 Å². The van der Waals surface area contributed by atoms with E-state index in [1.54, 1.807) is 0 Å². The number of carbonyl (C=O) groups excluding carboxylic acids is 1. The highest BCUT2D eigenvalue weighted by Gasteiger charge is 2.08. The molecule has 0 saturated heterocycles. The molecular weight excluding hydrogens is 254 g/mol. The van der Waals surface area contributed by atoms with Crippen molar-refractivity contribution in [1.82, 2.24) is 5.32 Å². The molecule has 0 aromatic carbocycles. The van der Waals surface area contributed by atoms with Crippen molar-refractivity contribution in [2.75, 3.05) is 26.4 Å². The zero-order valence-corrected chi connectivity index (χ0v) is 14.0. The molecule has 4 heteroatoms. The van der Waals surface area contributed by atoms with E-state index >= 15 is 0 Å². The lowest BCUT2D eigenvalue weighted by Crippen LogP contribution is -2.26. The van der Waals surface area contributed by atoms with Crippen LogP contribution in [0.15, 0.2) is 0 Å². The second-order valence-electron chi connectivity index (χ2n) is 6.56. The van der Waals surface area contributed by atoms with Crippen LogP contribution >= 0.6 is 0 Å². The van der Waals surface area contributed by atoms with Gasteiger partial charge in [-0.25, -0.2) is 0 Å². The predicted molar refractivity (Wildman–Crippen MR) is 82.8 cm³/mol. The van der Waals surface area contributed by atoms with Gasteiger partial charge in [0.25, 0.3) is 0 Å². The molecule has 0 aromatic rings. The van der Waals surface area contributed by atoms with Gasteiger partial charge in [-0.05, 0) is 46.0 Å². The van der Waals surface area contributed by atoms with Gasteiger partial charge in [0, 0.05) is 26.2 Å². The summed E-state index contributed by atoms with van der Waals surface area (Å²) in [6.45, 7) is 13.2. The fraction of sp³-hybridized carbons (Fsp3) is 0.938. The van der Waals surface area contributed by atoms with E-state index in [0.717, 1.165) is 32.4 Å². The van der Waals surface area contributed by atoms with Crippen LogP contribution in [0.2, 0.25) is 0 Å². The van der Waals surface area contributed by atoms with Crippen LogP contribution in [0.4, 0.5) is 0 Å². The van der Waals surface area contributed by atoms with E-state index < -0.39 is 0 Å². The molecular formula is C16H33NO3. The van der Waals surface area contributed by atoms with Crippen molar-refractivity contribution in [3.05, 3.63) is 0 Å². The zero-order chi connectivity index (χ0) is 15.4. The fourth-order valence-electron chi connectivity index (χ4n) is 1.54. The molecule has 0 aliphatic carbocycles. The summed E-state index contributed by atoms with van der Waals surface area (Å²) in [5, 5.41) is 2.90. The maximum absolute atomic E-state index is 11.5. The summed E-state index contributed by atoms with van der Waals surface area (Å²) in [7, 11) is 0. The Morgan fingerprint density at radius 3 is 2.35 bits per heavy atom. The van der Waals surface area contributed by atoms with Crippen LogP contribution in [0.1, 0.15) is 60.3 Å². The summed E-state index contributed by atoms with van der Waals surface area (Å²) in [5.41, 5.74) is -0.0606. The molecule has 0 heterocycles. The molecule has 0 radical (unpaired) electrons. The lowest BCUT2D eigenvalue weighted by atomic mass is 10.1. The summed E-state index contributed by atoms with van der Waals surface area (Å²) in [6, 6.07) is 0. The Hall–Kier alpha value is -0.610. The predicted octanol–water partition coefficient (Wildman–Crippen LogP) is 3.15. The van der Waals surface area contributed by atoms with Crippen LogP contribution in [0.25, 0.3) is 0 Å². The van der Waals surface area contributed by atoms with Gasteiger partial charge in [0.1, 0.15) is 0 Å². The fourth-order valence-corrected chi connectivity index (χ4v) is 1.54. The monoisotopic (exact) mass is 287 g/mol. The van der Waals surface area contributed by atoms with Crippen molar-refractivity contribution in [3.8, 4) is 0 Å². The summed E-state index contributed by atoms with van der Waals surface area (Å²) >= 11 is 0. The van der Waals surface area contributed by atoms with Gasteiger partial charge in [-0.2, -0.15) is 0 Å². The molecule has 0 rings (SSSR count). The van der Waals surface area contributed by atoms with E-state index in [0.29, 0.717) is 25.6 Å². The van der Waals surface area contributed by atoms with Gasteiger partial charge in [-0.15, -0.1) is 0 Å². The largest absolute Gasteiger partial charge is 0.381 e. The van der Waals surface area contributed by atoms with E-state index in [1.807, 2.05) is 0 Å². The SMILES string of the molecule is CC(C)CCNC(=O)CCOCCCCOC(C)(C)C. The number of carbonyl (C=O) groups is 1. The molecule has 0 aliphatic rings. The van der Waals surface area contributed by atoms with E-state index in [-0.39, 0.29) is 11.5 Å². The summed E-state index contributed by atoms with van der Waals surface area (Å²) < 4.78 is 11.1. The molecule has 4 nitrogen and oxygen atoms in total. The molecule has 0 saturated carbocycles. The number of nitrogens with one attached hydrogen (secondary N) is 1. The van der Waals surface area contributed by atoms with Crippen molar-refractivity contribution in [3.63, 3.8) is 0 Å². The first-order chi connectivity index (χ1) is 9.31. The van der Waals surface area contributed by atoms with Gasteiger partial charge in [0.2, 0.25) is 5.91 Å². The number of amides is 1. The van der Waals surface area contributed by atoms with Gasteiger partial charge in [-0.3, -0.25) is 4.79 Å². The molecule has 0 bridgehead atoms. The summed E-state index contributed by atoms with van der Waals surface area (Å²) in [5.74, 6) is 0.712. The minimum atomic E-state index is -0.0606. The van der Waals surface area contributed by atoms with Crippen molar-refractivity contribution in [1.29, 1.82) is 0 Å².